The highest BCUT2D eigenvalue weighted by atomic mass is 35.5. The zero-order valence-corrected chi connectivity index (χ0v) is 14.0. The number of ether oxygens (including phenoxy) is 1. The lowest BCUT2D eigenvalue weighted by atomic mass is 10.1. The zero-order valence-electron chi connectivity index (χ0n) is 11.7. The van der Waals surface area contributed by atoms with E-state index in [1.165, 1.54) is 17.8 Å². The van der Waals surface area contributed by atoms with Gasteiger partial charge >= 0.3 is 5.97 Å². The van der Waals surface area contributed by atoms with Crippen LogP contribution in [-0.2, 0) is 4.74 Å². The Morgan fingerprint density at radius 3 is 2.86 bits per heavy atom. The molecule has 2 rings (SSSR count). The van der Waals surface area contributed by atoms with Crippen molar-refractivity contribution in [2.75, 3.05) is 12.4 Å². The third-order valence-corrected chi connectivity index (χ3v) is 5.25. The molecular weight excluding hydrogens is 331 g/mol. The van der Waals surface area contributed by atoms with Gasteiger partial charge in [-0.3, -0.25) is 0 Å². The number of halogens is 2. The van der Waals surface area contributed by atoms with Crippen LogP contribution in [0.15, 0.2) is 11.1 Å². The second-order valence-electron chi connectivity index (χ2n) is 4.78. The molecule has 112 valence electrons. The van der Waals surface area contributed by atoms with Crippen LogP contribution in [0, 0.1) is 24.2 Å². The number of nitrogens with zero attached hydrogens (tertiary/aromatic N) is 2. The Morgan fingerprint density at radius 1 is 1.67 bits per heavy atom. The van der Waals surface area contributed by atoms with Gasteiger partial charge in [0, 0.05) is 11.7 Å². The molecule has 0 N–H and O–H groups in total. The van der Waals surface area contributed by atoms with E-state index in [2.05, 4.69) is 11.1 Å². The number of aryl methyl sites for hydroxylation is 1. The van der Waals surface area contributed by atoms with Gasteiger partial charge in [-0.2, -0.15) is 5.26 Å². The SMILES string of the molecule is CCOC(=O)c1cc(C#N)c(SCC2CC2(Cl)Cl)nc1C. The number of hydrogen-bond donors (Lipinski definition) is 0. The maximum Gasteiger partial charge on any atom is 0.340 e. The Kier molecular flexibility index (Phi) is 5.03. The second-order valence-corrected chi connectivity index (χ2v) is 7.33. The molecule has 0 radical (unpaired) electrons. The number of nitriles is 1. The minimum atomic E-state index is -0.639. The van der Waals surface area contributed by atoms with Crippen LogP contribution in [-0.4, -0.2) is 27.6 Å². The van der Waals surface area contributed by atoms with Crippen LogP contribution < -0.4 is 0 Å². The molecule has 0 amide bonds. The molecule has 4 nitrogen and oxygen atoms in total. The van der Waals surface area contributed by atoms with Crippen molar-refractivity contribution in [2.24, 2.45) is 5.92 Å². The number of aromatic nitrogens is 1. The Balaban J connectivity index is 2.17. The Hall–Kier alpha value is -0.960. The summed E-state index contributed by atoms with van der Waals surface area (Å²) in [4.78, 5) is 16.1. The second kappa shape index (κ2) is 6.43. The zero-order chi connectivity index (χ0) is 15.6. The number of carbonyl (C=O) groups excluding carboxylic acids is 1. The van der Waals surface area contributed by atoms with Crippen LogP contribution >= 0.6 is 35.0 Å². The molecule has 7 heteroatoms. The Labute approximate surface area is 137 Å². The summed E-state index contributed by atoms with van der Waals surface area (Å²) in [5, 5.41) is 9.82. The molecule has 1 aromatic rings. The highest BCUT2D eigenvalue weighted by molar-refractivity contribution is 7.99. The van der Waals surface area contributed by atoms with Gasteiger partial charge in [0.2, 0.25) is 0 Å². The number of hydrogen-bond acceptors (Lipinski definition) is 5. The summed E-state index contributed by atoms with van der Waals surface area (Å²) in [6.07, 6.45) is 0.755. The van der Waals surface area contributed by atoms with Gasteiger partial charge in [-0.1, -0.05) is 0 Å². The monoisotopic (exact) mass is 344 g/mol. The molecule has 1 saturated carbocycles. The number of thioether (sulfide) groups is 1. The van der Waals surface area contributed by atoms with Gasteiger partial charge in [-0.15, -0.1) is 35.0 Å². The van der Waals surface area contributed by atoms with Gasteiger partial charge in [-0.25, -0.2) is 9.78 Å². The predicted molar refractivity (Wildman–Crippen MR) is 82.9 cm³/mol. The van der Waals surface area contributed by atoms with Crippen molar-refractivity contribution in [3.63, 3.8) is 0 Å². The van der Waals surface area contributed by atoms with Crippen molar-refractivity contribution in [1.29, 1.82) is 5.26 Å². The molecule has 1 unspecified atom stereocenters. The third kappa shape index (κ3) is 3.82. The van der Waals surface area contributed by atoms with Crippen molar-refractivity contribution in [3.8, 4) is 6.07 Å². The van der Waals surface area contributed by atoms with E-state index in [0.717, 1.165) is 6.42 Å². The summed E-state index contributed by atoms with van der Waals surface area (Å²) in [6.45, 7) is 3.74. The molecule has 1 atom stereocenters. The van der Waals surface area contributed by atoms with Gasteiger partial charge in [0.05, 0.1) is 23.4 Å². The fourth-order valence-corrected chi connectivity index (χ4v) is 3.75. The third-order valence-electron chi connectivity index (χ3n) is 3.17. The summed E-state index contributed by atoms with van der Waals surface area (Å²) in [5.41, 5.74) is 1.24. The van der Waals surface area contributed by atoms with E-state index in [1.807, 2.05) is 0 Å². The molecule has 0 aliphatic heterocycles. The van der Waals surface area contributed by atoms with Crippen molar-refractivity contribution >= 4 is 40.9 Å². The van der Waals surface area contributed by atoms with Crippen molar-refractivity contribution in [3.05, 3.63) is 22.9 Å². The minimum Gasteiger partial charge on any atom is -0.462 e. The molecule has 1 heterocycles. The van der Waals surface area contributed by atoms with Crippen molar-refractivity contribution < 1.29 is 9.53 Å². The van der Waals surface area contributed by atoms with Crippen LogP contribution in [0.2, 0.25) is 0 Å². The van der Waals surface area contributed by atoms with E-state index in [9.17, 15) is 10.1 Å². The summed E-state index contributed by atoms with van der Waals surface area (Å²) in [7, 11) is 0. The first-order valence-electron chi connectivity index (χ1n) is 6.48. The summed E-state index contributed by atoms with van der Waals surface area (Å²) >= 11 is 13.4. The fourth-order valence-electron chi connectivity index (χ4n) is 1.82. The molecule has 1 aromatic heterocycles. The number of carbonyl (C=O) groups is 1. The van der Waals surface area contributed by atoms with Crippen LogP contribution in [0.3, 0.4) is 0 Å². The maximum absolute atomic E-state index is 11.8. The highest BCUT2D eigenvalue weighted by Gasteiger charge is 2.51. The van der Waals surface area contributed by atoms with E-state index in [1.54, 1.807) is 13.8 Å². The highest BCUT2D eigenvalue weighted by Crippen LogP contribution is 2.54. The number of rotatable bonds is 5. The topological polar surface area (TPSA) is 63.0 Å². The average Bonchev–Trinajstić information content (AvgIpc) is 3.04. The van der Waals surface area contributed by atoms with Gasteiger partial charge in [0.1, 0.15) is 15.4 Å². The Bertz CT molecular complexity index is 614. The number of pyridine rings is 1. The molecule has 0 spiro atoms. The molecule has 0 aromatic carbocycles. The van der Waals surface area contributed by atoms with E-state index in [0.29, 0.717) is 27.6 Å². The first-order chi connectivity index (χ1) is 9.89. The molecule has 0 saturated heterocycles. The predicted octanol–water partition coefficient (Wildman–Crippen LogP) is 3.72. The first-order valence-corrected chi connectivity index (χ1v) is 8.22. The largest absolute Gasteiger partial charge is 0.462 e. The van der Waals surface area contributed by atoms with Gasteiger partial charge < -0.3 is 4.74 Å². The average molecular weight is 345 g/mol. The molecule has 21 heavy (non-hydrogen) atoms. The number of esters is 1. The lowest BCUT2D eigenvalue weighted by molar-refractivity contribution is 0.0524. The minimum absolute atomic E-state index is 0.212. The lowest BCUT2D eigenvalue weighted by Crippen LogP contribution is -2.09. The van der Waals surface area contributed by atoms with Crippen LogP contribution in [0.5, 0.6) is 0 Å². The van der Waals surface area contributed by atoms with E-state index < -0.39 is 10.3 Å². The fraction of sp³-hybridized carbons (Fsp3) is 0.500. The molecule has 0 bridgehead atoms. The maximum atomic E-state index is 11.8. The van der Waals surface area contributed by atoms with E-state index in [-0.39, 0.29) is 12.5 Å². The van der Waals surface area contributed by atoms with Crippen LogP contribution in [0.4, 0.5) is 0 Å². The molecule has 1 fully saturated rings. The van der Waals surface area contributed by atoms with Crippen LogP contribution in [0.25, 0.3) is 0 Å². The summed E-state index contributed by atoms with van der Waals surface area (Å²) in [6, 6.07) is 3.60. The van der Waals surface area contributed by atoms with E-state index in [4.69, 9.17) is 27.9 Å². The molecule has 1 aliphatic carbocycles. The van der Waals surface area contributed by atoms with E-state index >= 15 is 0 Å². The lowest BCUT2D eigenvalue weighted by Gasteiger charge is -2.09. The quantitative estimate of drug-likeness (QED) is 0.462. The number of alkyl halides is 2. The standard InChI is InChI=1S/C14H14Cl2N2O2S/c1-3-20-13(19)11-4-9(6-17)12(18-8(11)2)21-7-10-5-14(10,15)16/h4,10H,3,5,7H2,1-2H3. The smallest absolute Gasteiger partial charge is 0.340 e. The van der Waals surface area contributed by atoms with Crippen molar-refractivity contribution in [1.82, 2.24) is 4.98 Å². The first kappa shape index (κ1) is 16.4. The van der Waals surface area contributed by atoms with Crippen LogP contribution in [0.1, 0.15) is 35.0 Å². The summed E-state index contributed by atoms with van der Waals surface area (Å²) in [5.74, 6) is 0.454. The van der Waals surface area contributed by atoms with Gasteiger partial charge in [0.15, 0.2) is 0 Å². The van der Waals surface area contributed by atoms with Gasteiger partial charge in [0.25, 0.3) is 0 Å². The molecular formula is C14H14Cl2N2O2S. The Morgan fingerprint density at radius 2 is 2.33 bits per heavy atom. The van der Waals surface area contributed by atoms with Gasteiger partial charge in [-0.05, 0) is 26.3 Å². The summed E-state index contributed by atoms with van der Waals surface area (Å²) < 4.78 is 4.31. The van der Waals surface area contributed by atoms with Crippen molar-refractivity contribution in [2.45, 2.75) is 29.6 Å². The molecule has 1 aliphatic rings. The normalized spacial score (nSPS) is 18.9.